The molecule has 0 heterocycles. The van der Waals surface area contributed by atoms with Crippen LogP contribution in [-0.4, -0.2) is 26.0 Å². The van der Waals surface area contributed by atoms with E-state index < -0.39 is 48.4 Å². The number of non-ortho nitro benzene ring substituents is 2. The number of aldehydes is 1. The van der Waals surface area contributed by atoms with E-state index in [4.69, 9.17) is 0 Å². The molecule has 0 saturated heterocycles. The van der Waals surface area contributed by atoms with E-state index in [1.165, 1.54) is 0 Å². The van der Waals surface area contributed by atoms with Crippen molar-refractivity contribution in [1.82, 2.24) is 0 Å². The minimum absolute atomic E-state index is 0.190. The molecule has 3 rings (SSSR count). The van der Waals surface area contributed by atoms with Gasteiger partial charge in [0, 0.05) is 12.1 Å². The molecule has 0 atom stereocenters. The van der Waals surface area contributed by atoms with Gasteiger partial charge in [-0.15, -0.1) is 0 Å². The number of carbonyl (C=O) groups is 1. The van der Waals surface area contributed by atoms with Crippen LogP contribution in [0.2, 0.25) is 0 Å². The monoisotopic (exact) mass is 374 g/mol. The first-order valence-corrected chi connectivity index (χ1v) is 7.06. The van der Waals surface area contributed by atoms with E-state index in [1.54, 1.807) is 0 Å². The number of carbonyl (C=O) groups excluding carboxylic acids is 1. The van der Waals surface area contributed by atoms with Gasteiger partial charge in [0.15, 0.2) is 0 Å². The lowest BCUT2D eigenvalue weighted by molar-refractivity contribution is -0.395. The van der Waals surface area contributed by atoms with Crippen LogP contribution in [0.1, 0.15) is 17.0 Å². The van der Waals surface area contributed by atoms with Crippen molar-refractivity contribution in [3.05, 3.63) is 75.8 Å². The van der Waals surface area contributed by atoms with Crippen molar-refractivity contribution in [1.29, 1.82) is 0 Å². The Morgan fingerprint density at radius 2 is 1.04 bits per heavy atom. The van der Waals surface area contributed by atoms with E-state index in [0.717, 1.165) is 12.1 Å². The van der Waals surface area contributed by atoms with Crippen LogP contribution in [-0.2, 0) is 4.79 Å². The highest BCUT2D eigenvalue weighted by Crippen LogP contribution is 2.54. The fraction of sp³-hybridized carbons (Fsp3) is 0.0714. The van der Waals surface area contributed by atoms with Crippen molar-refractivity contribution in [2.75, 3.05) is 0 Å². The topological polar surface area (TPSA) is 190 Å². The number of hydrogen-bond acceptors (Lipinski definition) is 9. The zero-order valence-electron chi connectivity index (χ0n) is 12.9. The highest BCUT2D eigenvalue weighted by Gasteiger charge is 2.42. The van der Waals surface area contributed by atoms with Gasteiger partial charge in [0.05, 0.1) is 48.9 Å². The zero-order valence-corrected chi connectivity index (χ0v) is 12.9. The van der Waals surface area contributed by atoms with Gasteiger partial charge in [-0.2, -0.15) is 0 Å². The third-order valence-corrected chi connectivity index (χ3v) is 4.14. The molecular formula is C14H6N4O9. The van der Waals surface area contributed by atoms with Gasteiger partial charge in [0.1, 0.15) is 6.29 Å². The van der Waals surface area contributed by atoms with Crippen molar-refractivity contribution in [2.24, 2.45) is 0 Å². The van der Waals surface area contributed by atoms with Gasteiger partial charge in [0.25, 0.3) is 22.7 Å². The van der Waals surface area contributed by atoms with Gasteiger partial charge in [-0.3, -0.25) is 40.5 Å². The first-order valence-electron chi connectivity index (χ1n) is 7.06. The summed E-state index contributed by atoms with van der Waals surface area (Å²) in [5.74, 6) is -1.35. The van der Waals surface area contributed by atoms with Crippen LogP contribution in [0.5, 0.6) is 0 Å². The van der Waals surface area contributed by atoms with Gasteiger partial charge in [0.2, 0.25) is 0 Å². The summed E-state index contributed by atoms with van der Waals surface area (Å²) in [6, 6.07) is 3.05. The van der Waals surface area contributed by atoms with Crippen molar-refractivity contribution in [3.63, 3.8) is 0 Å². The molecule has 0 saturated carbocycles. The Morgan fingerprint density at radius 1 is 0.667 bits per heavy atom. The van der Waals surface area contributed by atoms with E-state index in [0.29, 0.717) is 12.1 Å². The minimum atomic E-state index is -1.35. The Morgan fingerprint density at radius 3 is 1.30 bits per heavy atom. The maximum absolute atomic E-state index is 11.6. The summed E-state index contributed by atoms with van der Waals surface area (Å²) < 4.78 is 0. The predicted molar refractivity (Wildman–Crippen MR) is 86.4 cm³/mol. The molecule has 1 aliphatic carbocycles. The summed E-state index contributed by atoms with van der Waals surface area (Å²) in [6.07, 6.45) is 0.269. The number of nitrogens with zero attached hydrogens (tertiary/aromatic N) is 4. The molecule has 1 aliphatic rings. The third-order valence-electron chi connectivity index (χ3n) is 4.14. The van der Waals surface area contributed by atoms with Gasteiger partial charge in [-0.1, -0.05) is 0 Å². The number of fused-ring (bicyclic) bond motifs is 3. The molecule has 0 bridgehead atoms. The summed E-state index contributed by atoms with van der Waals surface area (Å²) in [7, 11) is 0. The van der Waals surface area contributed by atoms with E-state index >= 15 is 0 Å². The standard InChI is InChI=1S/C14H6N4O9/c19-5-10-8-1-6(15(20)21)3-11(17(24)25)13(8)14-9(10)2-7(16(22)23)4-12(14)18(26)27/h1-5,10H. The molecule has 13 nitrogen and oxygen atoms in total. The van der Waals surface area contributed by atoms with Crippen molar-refractivity contribution >= 4 is 29.0 Å². The number of rotatable bonds is 5. The molecule has 0 aliphatic heterocycles. The molecule has 0 N–H and O–H groups in total. The molecule has 0 aromatic heterocycles. The fourth-order valence-electron chi connectivity index (χ4n) is 3.11. The highest BCUT2D eigenvalue weighted by atomic mass is 16.6. The highest BCUT2D eigenvalue weighted by molar-refractivity contribution is 5.97. The average Bonchev–Trinajstić information content (AvgIpc) is 2.92. The number of nitro groups is 4. The molecule has 2 aromatic carbocycles. The summed E-state index contributed by atoms with van der Waals surface area (Å²) >= 11 is 0. The van der Waals surface area contributed by atoms with E-state index in [-0.39, 0.29) is 28.5 Å². The molecule has 0 amide bonds. The number of benzene rings is 2. The summed E-state index contributed by atoms with van der Waals surface area (Å²) in [5.41, 5.74) is -4.02. The first-order chi connectivity index (χ1) is 12.7. The van der Waals surface area contributed by atoms with E-state index in [1.807, 2.05) is 0 Å². The summed E-state index contributed by atoms with van der Waals surface area (Å²) in [5, 5.41) is 44.9. The van der Waals surface area contributed by atoms with Crippen LogP contribution < -0.4 is 0 Å². The maximum Gasteiger partial charge on any atom is 0.284 e. The Bertz CT molecular complexity index is 997. The number of nitro benzene ring substituents is 4. The fourth-order valence-corrected chi connectivity index (χ4v) is 3.11. The third kappa shape index (κ3) is 2.53. The predicted octanol–water partition coefficient (Wildman–Crippen LogP) is 2.63. The lowest BCUT2D eigenvalue weighted by Crippen LogP contribution is -2.01. The molecule has 0 radical (unpaired) electrons. The van der Waals surface area contributed by atoms with Crippen LogP contribution in [0.4, 0.5) is 22.7 Å². The normalized spacial score (nSPS) is 12.1. The Kier molecular flexibility index (Phi) is 3.83. The molecule has 136 valence electrons. The summed E-state index contributed by atoms with van der Waals surface area (Å²) in [4.78, 5) is 52.8. The van der Waals surface area contributed by atoms with E-state index in [2.05, 4.69) is 0 Å². The minimum Gasteiger partial charge on any atom is -0.302 e. The molecule has 0 spiro atoms. The SMILES string of the molecule is O=CC1c2cc([N+](=O)[O-])cc([N+](=O)[O-])c2-c2c1cc([N+](=O)[O-])cc2[N+](=O)[O-]. The molecule has 13 heteroatoms. The second-order valence-electron chi connectivity index (χ2n) is 5.50. The molecule has 0 fully saturated rings. The smallest absolute Gasteiger partial charge is 0.284 e. The first kappa shape index (κ1) is 17.5. The van der Waals surface area contributed by atoms with Crippen LogP contribution in [0.15, 0.2) is 24.3 Å². The second kappa shape index (κ2) is 5.91. The van der Waals surface area contributed by atoms with Gasteiger partial charge in [-0.05, 0) is 11.1 Å². The van der Waals surface area contributed by atoms with Crippen LogP contribution >= 0.6 is 0 Å². The van der Waals surface area contributed by atoms with E-state index in [9.17, 15) is 45.3 Å². The van der Waals surface area contributed by atoms with Crippen molar-refractivity contribution < 1.29 is 24.5 Å². The molecule has 27 heavy (non-hydrogen) atoms. The molecular weight excluding hydrogens is 368 g/mol. The quantitative estimate of drug-likeness (QED) is 0.430. The maximum atomic E-state index is 11.6. The summed E-state index contributed by atoms with van der Waals surface area (Å²) in [6.45, 7) is 0. The Labute approximate surface area is 147 Å². The van der Waals surface area contributed by atoms with Crippen LogP contribution in [0.25, 0.3) is 11.1 Å². The zero-order chi connectivity index (χ0) is 20.0. The van der Waals surface area contributed by atoms with Crippen molar-refractivity contribution in [3.8, 4) is 11.1 Å². The Balaban J connectivity index is 2.50. The van der Waals surface area contributed by atoms with Crippen LogP contribution in [0, 0.1) is 40.5 Å². The average molecular weight is 374 g/mol. The lowest BCUT2D eigenvalue weighted by atomic mass is 9.97. The Hall–Kier alpha value is -4.29. The van der Waals surface area contributed by atoms with Crippen molar-refractivity contribution in [2.45, 2.75) is 5.92 Å². The second-order valence-corrected chi connectivity index (χ2v) is 5.50. The molecule has 2 aromatic rings. The van der Waals surface area contributed by atoms with Gasteiger partial charge >= 0.3 is 0 Å². The lowest BCUT2D eigenvalue weighted by Gasteiger charge is -2.04. The van der Waals surface area contributed by atoms with Gasteiger partial charge in [-0.25, -0.2) is 0 Å². The van der Waals surface area contributed by atoms with Crippen LogP contribution in [0.3, 0.4) is 0 Å². The molecule has 0 unspecified atom stereocenters. The largest absolute Gasteiger partial charge is 0.302 e. The number of hydrogen-bond donors (Lipinski definition) is 0. The van der Waals surface area contributed by atoms with Gasteiger partial charge < -0.3 is 4.79 Å².